The number of benzene rings is 1. The van der Waals surface area contributed by atoms with Crippen molar-refractivity contribution in [2.75, 3.05) is 39.8 Å². The third kappa shape index (κ3) is 5.46. The van der Waals surface area contributed by atoms with Gasteiger partial charge in [-0.3, -0.25) is 10.3 Å². The summed E-state index contributed by atoms with van der Waals surface area (Å²) in [6.07, 6.45) is 0. The van der Waals surface area contributed by atoms with Crippen molar-refractivity contribution in [3.63, 3.8) is 0 Å². The van der Waals surface area contributed by atoms with Gasteiger partial charge in [-0.2, -0.15) is 0 Å². The number of rotatable bonds is 6. The highest BCUT2D eigenvalue weighted by molar-refractivity contribution is 7.89. The fourth-order valence-corrected chi connectivity index (χ4v) is 1.68. The van der Waals surface area contributed by atoms with E-state index in [1.54, 1.807) is 12.1 Å². The number of likely N-dealkylation sites (N-methyl/N-ethyl adjacent to an activating group) is 1. The zero-order chi connectivity index (χ0) is 13.8. The minimum absolute atomic E-state index is 0.0828. The molecule has 3 N–H and O–H groups in total. The molecule has 0 fully saturated rings. The third-order valence-electron chi connectivity index (χ3n) is 2.24. The number of hydrogen-bond acceptors (Lipinski definition) is 4. The molecule has 0 unspecified atom stereocenters. The minimum Gasteiger partial charge on any atom is -0.329 e. The quantitative estimate of drug-likeness (QED) is 0.446. The molecule has 1 aromatic carbocycles. The van der Waals surface area contributed by atoms with Crippen molar-refractivity contribution in [2.24, 2.45) is 5.14 Å². The molecule has 6 nitrogen and oxygen atoms in total. The van der Waals surface area contributed by atoms with Crippen LogP contribution in [0.4, 0.5) is 5.69 Å². The van der Waals surface area contributed by atoms with E-state index in [9.17, 15) is 8.42 Å². The van der Waals surface area contributed by atoms with Crippen LogP contribution in [-0.2, 0) is 14.9 Å². The van der Waals surface area contributed by atoms with Crippen molar-refractivity contribution in [3.05, 3.63) is 24.3 Å². The number of nitrogens with one attached hydrogen (secondary N) is 1. The molecule has 102 valence electrons. The number of quaternary nitrogens is 1. The third-order valence-corrected chi connectivity index (χ3v) is 3.17. The van der Waals surface area contributed by atoms with Gasteiger partial charge in [0.2, 0.25) is 10.0 Å². The molecule has 0 aromatic heterocycles. The molecule has 1 aromatic rings. The van der Waals surface area contributed by atoms with Crippen LogP contribution in [0.15, 0.2) is 29.2 Å². The van der Waals surface area contributed by atoms with Crippen LogP contribution in [-0.4, -0.2) is 47.2 Å². The minimum atomic E-state index is -3.64. The van der Waals surface area contributed by atoms with Crippen molar-refractivity contribution < 1.29 is 17.7 Å². The van der Waals surface area contributed by atoms with Crippen molar-refractivity contribution in [1.29, 1.82) is 0 Å². The Morgan fingerprint density at radius 1 is 1.22 bits per heavy atom. The summed E-state index contributed by atoms with van der Waals surface area (Å²) in [4.78, 5) is 5.36. The van der Waals surface area contributed by atoms with Crippen LogP contribution in [0.3, 0.4) is 0 Å². The highest BCUT2D eigenvalue weighted by atomic mass is 32.2. The Morgan fingerprint density at radius 3 is 2.22 bits per heavy atom. The van der Waals surface area contributed by atoms with Gasteiger partial charge in [0.1, 0.15) is 13.2 Å². The zero-order valence-corrected chi connectivity index (χ0v) is 11.7. The van der Waals surface area contributed by atoms with Gasteiger partial charge in [-0.15, -0.1) is 0 Å². The number of nitrogens with two attached hydrogens (primary N) is 1. The Balaban J connectivity index is 2.45. The summed E-state index contributed by atoms with van der Waals surface area (Å²) in [6.45, 7) is 1.42. The number of sulfonamides is 1. The predicted octanol–water partition coefficient (Wildman–Crippen LogP) is 0.384. The number of nitrogens with zero attached hydrogens (tertiary/aromatic N) is 1. The molecule has 0 spiro atoms. The van der Waals surface area contributed by atoms with Crippen LogP contribution in [0.5, 0.6) is 0 Å². The second-order valence-electron chi connectivity index (χ2n) is 5.03. The van der Waals surface area contributed by atoms with E-state index in [1.165, 1.54) is 12.1 Å². The van der Waals surface area contributed by atoms with E-state index in [2.05, 4.69) is 26.6 Å². The maximum atomic E-state index is 11.0. The van der Waals surface area contributed by atoms with Gasteiger partial charge in [0.25, 0.3) is 0 Å². The lowest BCUT2D eigenvalue weighted by Gasteiger charge is -2.23. The van der Waals surface area contributed by atoms with E-state index in [1.807, 2.05) is 0 Å². The molecule has 18 heavy (non-hydrogen) atoms. The van der Waals surface area contributed by atoms with Crippen LogP contribution in [0.1, 0.15) is 0 Å². The Bertz CT molecular complexity index is 477. The van der Waals surface area contributed by atoms with Gasteiger partial charge in [-0.25, -0.2) is 13.6 Å². The van der Waals surface area contributed by atoms with Crippen molar-refractivity contribution in [2.45, 2.75) is 4.90 Å². The number of hydrogen-bond donors (Lipinski definition) is 2. The van der Waals surface area contributed by atoms with Gasteiger partial charge in [0, 0.05) is 0 Å². The van der Waals surface area contributed by atoms with E-state index >= 15 is 0 Å². The maximum Gasteiger partial charge on any atom is 0.238 e. The van der Waals surface area contributed by atoms with Gasteiger partial charge in [0.05, 0.1) is 31.7 Å². The summed E-state index contributed by atoms with van der Waals surface area (Å²) in [7, 11) is 2.59. The average molecular weight is 274 g/mol. The first-order valence-corrected chi connectivity index (χ1v) is 7.04. The lowest BCUT2D eigenvalue weighted by atomic mass is 10.3. The summed E-state index contributed by atoms with van der Waals surface area (Å²) in [5.41, 5.74) is 3.43. The van der Waals surface area contributed by atoms with Gasteiger partial charge < -0.3 is 4.48 Å². The number of anilines is 1. The molecule has 0 atom stereocenters. The molecule has 0 aliphatic carbocycles. The van der Waals surface area contributed by atoms with Gasteiger partial charge in [-0.1, -0.05) is 0 Å². The highest BCUT2D eigenvalue weighted by Gasteiger charge is 2.07. The monoisotopic (exact) mass is 274 g/mol. The predicted molar refractivity (Wildman–Crippen MR) is 70.3 cm³/mol. The lowest BCUT2D eigenvalue weighted by Crippen LogP contribution is -2.37. The lowest BCUT2D eigenvalue weighted by molar-refractivity contribution is -0.870. The molecule has 0 aliphatic rings. The molecule has 0 saturated carbocycles. The summed E-state index contributed by atoms with van der Waals surface area (Å²) >= 11 is 0. The Kier molecular flexibility index (Phi) is 4.69. The molecule has 0 amide bonds. The molecule has 0 saturated heterocycles. The SMILES string of the molecule is C[N+](C)(C)CCONc1ccc(S(N)(=O)=O)cc1. The Hall–Kier alpha value is -1.15. The molecule has 0 radical (unpaired) electrons. The molecular formula is C11H20N3O3S+. The highest BCUT2D eigenvalue weighted by Crippen LogP contribution is 2.12. The van der Waals surface area contributed by atoms with Crippen LogP contribution < -0.4 is 10.6 Å². The van der Waals surface area contributed by atoms with E-state index in [0.717, 1.165) is 11.0 Å². The topological polar surface area (TPSA) is 81.4 Å². The fourth-order valence-electron chi connectivity index (χ4n) is 1.17. The van der Waals surface area contributed by atoms with E-state index in [4.69, 9.17) is 9.98 Å². The van der Waals surface area contributed by atoms with Crippen molar-refractivity contribution >= 4 is 15.7 Å². The van der Waals surface area contributed by atoms with Crippen molar-refractivity contribution in [1.82, 2.24) is 0 Å². The maximum absolute atomic E-state index is 11.0. The first kappa shape index (κ1) is 14.9. The molecule has 7 heteroatoms. The summed E-state index contributed by atoms with van der Waals surface area (Å²) in [5.74, 6) is 0. The molecule has 0 aliphatic heterocycles. The standard InChI is InChI=1S/C11H20N3O3S/c1-14(2,3)8-9-17-13-10-4-6-11(7-5-10)18(12,15)16/h4-7,13H,8-9H2,1-3H3,(H2,12,15,16)/q+1. The normalized spacial score (nSPS) is 12.4. The van der Waals surface area contributed by atoms with Gasteiger partial charge in [0.15, 0.2) is 0 Å². The first-order valence-electron chi connectivity index (χ1n) is 5.50. The smallest absolute Gasteiger partial charge is 0.238 e. The van der Waals surface area contributed by atoms with Crippen LogP contribution in [0.2, 0.25) is 0 Å². The van der Waals surface area contributed by atoms with Crippen LogP contribution in [0, 0.1) is 0 Å². The summed E-state index contributed by atoms with van der Waals surface area (Å²) < 4.78 is 22.9. The van der Waals surface area contributed by atoms with Gasteiger partial charge >= 0.3 is 0 Å². The first-order chi connectivity index (χ1) is 8.18. The second kappa shape index (κ2) is 5.66. The molecule has 1 rings (SSSR count). The molecule has 0 bridgehead atoms. The molecular weight excluding hydrogens is 254 g/mol. The second-order valence-corrected chi connectivity index (χ2v) is 6.60. The number of primary sulfonamides is 1. The van der Waals surface area contributed by atoms with Crippen molar-refractivity contribution in [3.8, 4) is 0 Å². The van der Waals surface area contributed by atoms with E-state index in [-0.39, 0.29) is 4.90 Å². The van der Waals surface area contributed by atoms with Gasteiger partial charge in [-0.05, 0) is 24.3 Å². The average Bonchev–Trinajstić information content (AvgIpc) is 2.22. The summed E-state index contributed by atoms with van der Waals surface area (Å²) in [5, 5.41) is 4.99. The fraction of sp³-hybridized carbons (Fsp3) is 0.455. The van der Waals surface area contributed by atoms with Crippen LogP contribution in [0.25, 0.3) is 0 Å². The zero-order valence-electron chi connectivity index (χ0n) is 10.9. The van der Waals surface area contributed by atoms with E-state index in [0.29, 0.717) is 12.3 Å². The van der Waals surface area contributed by atoms with Crippen LogP contribution >= 0.6 is 0 Å². The van der Waals surface area contributed by atoms with E-state index < -0.39 is 10.0 Å². The molecule has 0 heterocycles. The summed E-state index contributed by atoms with van der Waals surface area (Å²) in [6, 6.07) is 6.07. The largest absolute Gasteiger partial charge is 0.329 e. The Labute approximate surface area is 108 Å². The Morgan fingerprint density at radius 2 is 1.78 bits per heavy atom.